The maximum Gasteiger partial charge on any atom is 0.337 e. The minimum atomic E-state index is -1.22. The Morgan fingerprint density at radius 3 is 2.55 bits per heavy atom. The number of hydrogen-bond donors (Lipinski definition) is 3. The molecule has 7 heteroatoms. The molecule has 1 aromatic rings. The summed E-state index contributed by atoms with van der Waals surface area (Å²) in [6, 6.07) is 2.45. The normalized spacial score (nSPS) is 20.9. The third-order valence-electron chi connectivity index (χ3n) is 2.99. The Morgan fingerprint density at radius 1 is 1.30 bits per heavy atom. The number of halogens is 2. The minimum absolute atomic E-state index is 0.0439. The molecule has 2 rings (SSSR count). The molecule has 4 N–H and O–H groups in total. The van der Waals surface area contributed by atoms with Crippen LogP contribution in [0.15, 0.2) is 24.3 Å². The van der Waals surface area contributed by atoms with Gasteiger partial charge in [-0.3, -0.25) is 4.79 Å². The quantitative estimate of drug-likeness (QED) is 0.747. The Hall–Kier alpha value is -1.56. The SMILES string of the molecule is NC1C=CC(C(=O)Nc2c(Cl)cc(Cl)cc2C(=O)O)C1. The monoisotopic (exact) mass is 314 g/mol. The highest BCUT2D eigenvalue weighted by Gasteiger charge is 2.25. The second-order valence-corrected chi connectivity index (χ2v) is 5.34. The third kappa shape index (κ3) is 3.12. The molecule has 2 atom stereocenters. The fourth-order valence-electron chi connectivity index (χ4n) is 2.01. The van der Waals surface area contributed by atoms with E-state index in [1.54, 1.807) is 12.2 Å². The summed E-state index contributed by atoms with van der Waals surface area (Å²) in [5.41, 5.74) is 5.57. The molecule has 1 aliphatic carbocycles. The second-order valence-electron chi connectivity index (χ2n) is 4.50. The minimum Gasteiger partial charge on any atom is -0.478 e. The van der Waals surface area contributed by atoms with E-state index in [9.17, 15) is 9.59 Å². The van der Waals surface area contributed by atoms with E-state index in [4.69, 9.17) is 34.0 Å². The first-order chi connectivity index (χ1) is 9.38. The largest absolute Gasteiger partial charge is 0.478 e. The summed E-state index contributed by atoms with van der Waals surface area (Å²) in [6.45, 7) is 0. The molecule has 0 spiro atoms. The van der Waals surface area contributed by atoms with Gasteiger partial charge in [0.15, 0.2) is 0 Å². The number of carbonyl (C=O) groups is 2. The molecule has 106 valence electrons. The summed E-state index contributed by atoms with van der Waals surface area (Å²) in [5.74, 6) is -1.96. The van der Waals surface area contributed by atoms with Crippen LogP contribution < -0.4 is 11.1 Å². The van der Waals surface area contributed by atoms with E-state index in [0.29, 0.717) is 6.42 Å². The first-order valence-electron chi connectivity index (χ1n) is 5.85. The molecule has 0 heterocycles. The van der Waals surface area contributed by atoms with Gasteiger partial charge in [-0.15, -0.1) is 0 Å². The summed E-state index contributed by atoms with van der Waals surface area (Å²) in [5, 5.41) is 11.9. The van der Waals surface area contributed by atoms with Crippen LogP contribution >= 0.6 is 23.2 Å². The summed E-state index contributed by atoms with van der Waals surface area (Å²) in [6.07, 6.45) is 3.93. The number of hydrogen-bond acceptors (Lipinski definition) is 3. The fourth-order valence-corrected chi connectivity index (χ4v) is 2.55. The van der Waals surface area contributed by atoms with Gasteiger partial charge in [0.1, 0.15) is 0 Å². The lowest BCUT2D eigenvalue weighted by molar-refractivity contribution is -0.118. The van der Waals surface area contributed by atoms with Crippen LogP contribution in [0.1, 0.15) is 16.8 Å². The number of carbonyl (C=O) groups excluding carboxylic acids is 1. The molecule has 0 saturated carbocycles. The Morgan fingerprint density at radius 2 is 2.00 bits per heavy atom. The van der Waals surface area contributed by atoms with Gasteiger partial charge in [0.2, 0.25) is 5.91 Å². The van der Waals surface area contributed by atoms with Crippen LogP contribution in [0.2, 0.25) is 10.0 Å². The van der Waals surface area contributed by atoms with Crippen LogP contribution in [0.3, 0.4) is 0 Å². The van der Waals surface area contributed by atoms with Crippen LogP contribution in [0.4, 0.5) is 5.69 Å². The Bertz CT molecular complexity index is 602. The molecule has 0 saturated heterocycles. The molecule has 0 aromatic heterocycles. The lowest BCUT2D eigenvalue weighted by atomic mass is 10.1. The zero-order valence-corrected chi connectivity index (χ0v) is 11.8. The van der Waals surface area contributed by atoms with Crippen LogP contribution in [0, 0.1) is 5.92 Å². The predicted octanol–water partition coefficient (Wildman–Crippen LogP) is 2.53. The standard InChI is InChI=1S/C13H12Cl2N2O3/c14-7-4-9(13(19)20)11(10(15)5-7)17-12(18)6-1-2-8(16)3-6/h1-2,4-6,8H,3,16H2,(H,17,18)(H,19,20). The zero-order valence-electron chi connectivity index (χ0n) is 10.3. The van der Waals surface area contributed by atoms with Gasteiger partial charge in [-0.25, -0.2) is 4.79 Å². The van der Waals surface area contributed by atoms with Crippen molar-refractivity contribution in [2.75, 3.05) is 5.32 Å². The molecular formula is C13H12Cl2N2O3. The van der Waals surface area contributed by atoms with Gasteiger partial charge in [-0.05, 0) is 18.6 Å². The molecule has 1 amide bonds. The summed E-state index contributed by atoms with van der Waals surface area (Å²) >= 11 is 11.7. The van der Waals surface area contributed by atoms with Gasteiger partial charge in [-0.1, -0.05) is 35.4 Å². The number of nitrogens with one attached hydrogen (secondary N) is 1. The van der Waals surface area contributed by atoms with Crippen molar-refractivity contribution in [2.24, 2.45) is 11.7 Å². The number of amides is 1. The number of carboxylic acid groups (broad SMARTS) is 1. The first kappa shape index (κ1) is 14.8. The topological polar surface area (TPSA) is 92.4 Å². The Kier molecular flexibility index (Phi) is 4.32. The lowest BCUT2D eigenvalue weighted by Crippen LogP contribution is -2.25. The first-order valence-corrected chi connectivity index (χ1v) is 6.61. The van der Waals surface area contributed by atoms with Crippen molar-refractivity contribution < 1.29 is 14.7 Å². The molecule has 20 heavy (non-hydrogen) atoms. The Labute approximate surface area is 125 Å². The van der Waals surface area contributed by atoms with E-state index in [-0.39, 0.29) is 33.2 Å². The van der Waals surface area contributed by atoms with E-state index in [1.165, 1.54) is 12.1 Å². The molecule has 0 aliphatic heterocycles. The molecule has 2 unspecified atom stereocenters. The Balaban J connectivity index is 2.27. The second kappa shape index (κ2) is 5.83. The molecular weight excluding hydrogens is 303 g/mol. The number of benzene rings is 1. The number of aromatic carboxylic acids is 1. The molecule has 1 aromatic carbocycles. The zero-order chi connectivity index (χ0) is 14.9. The van der Waals surface area contributed by atoms with Gasteiger partial charge in [0, 0.05) is 11.1 Å². The van der Waals surface area contributed by atoms with Crippen molar-refractivity contribution in [3.05, 3.63) is 39.9 Å². The van der Waals surface area contributed by atoms with Gasteiger partial charge in [0.05, 0.1) is 22.2 Å². The van der Waals surface area contributed by atoms with Crippen molar-refractivity contribution in [3.63, 3.8) is 0 Å². The van der Waals surface area contributed by atoms with Crippen molar-refractivity contribution >= 4 is 40.8 Å². The highest BCUT2D eigenvalue weighted by molar-refractivity contribution is 6.37. The van der Waals surface area contributed by atoms with E-state index in [2.05, 4.69) is 5.32 Å². The molecule has 0 bridgehead atoms. The molecule has 0 fully saturated rings. The van der Waals surface area contributed by atoms with Gasteiger partial charge in [-0.2, -0.15) is 0 Å². The number of rotatable bonds is 3. The van der Waals surface area contributed by atoms with E-state index in [0.717, 1.165) is 0 Å². The average molecular weight is 315 g/mol. The van der Waals surface area contributed by atoms with E-state index in [1.807, 2.05) is 0 Å². The number of carboxylic acids is 1. The number of nitrogens with two attached hydrogens (primary N) is 1. The third-order valence-corrected chi connectivity index (χ3v) is 3.50. The summed E-state index contributed by atoms with van der Waals surface area (Å²) < 4.78 is 0. The summed E-state index contributed by atoms with van der Waals surface area (Å²) in [4.78, 5) is 23.2. The van der Waals surface area contributed by atoms with Crippen molar-refractivity contribution in [1.29, 1.82) is 0 Å². The van der Waals surface area contributed by atoms with Crippen LogP contribution in [-0.2, 0) is 4.79 Å². The molecule has 5 nitrogen and oxygen atoms in total. The fraction of sp³-hybridized carbons (Fsp3) is 0.231. The smallest absolute Gasteiger partial charge is 0.337 e. The van der Waals surface area contributed by atoms with Crippen LogP contribution in [0.25, 0.3) is 0 Å². The van der Waals surface area contributed by atoms with E-state index >= 15 is 0 Å². The molecule has 1 aliphatic rings. The van der Waals surface area contributed by atoms with Crippen LogP contribution in [-0.4, -0.2) is 23.0 Å². The van der Waals surface area contributed by atoms with Crippen molar-refractivity contribution in [3.8, 4) is 0 Å². The highest BCUT2D eigenvalue weighted by Crippen LogP contribution is 2.31. The van der Waals surface area contributed by atoms with Gasteiger partial charge >= 0.3 is 5.97 Å². The maximum atomic E-state index is 12.1. The van der Waals surface area contributed by atoms with Gasteiger partial charge < -0.3 is 16.2 Å². The average Bonchev–Trinajstić information content (AvgIpc) is 2.78. The number of anilines is 1. The molecule has 0 radical (unpaired) electrons. The van der Waals surface area contributed by atoms with Crippen molar-refractivity contribution in [2.45, 2.75) is 12.5 Å². The maximum absolute atomic E-state index is 12.1. The predicted molar refractivity (Wildman–Crippen MR) is 77.3 cm³/mol. The lowest BCUT2D eigenvalue weighted by Gasteiger charge is -2.14. The van der Waals surface area contributed by atoms with Crippen LogP contribution in [0.5, 0.6) is 0 Å². The van der Waals surface area contributed by atoms with Gasteiger partial charge in [0.25, 0.3) is 0 Å². The van der Waals surface area contributed by atoms with Crippen molar-refractivity contribution in [1.82, 2.24) is 0 Å². The highest BCUT2D eigenvalue weighted by atomic mass is 35.5. The van der Waals surface area contributed by atoms with E-state index < -0.39 is 11.9 Å². The summed E-state index contributed by atoms with van der Waals surface area (Å²) in [7, 11) is 0.